The Hall–Kier alpha value is -0.450. The summed E-state index contributed by atoms with van der Waals surface area (Å²) >= 11 is 0. The Morgan fingerprint density at radius 2 is 1.82 bits per heavy atom. The molecule has 0 aromatic carbocycles. The molecule has 0 amide bonds. The summed E-state index contributed by atoms with van der Waals surface area (Å²) in [4.78, 5) is 11.2. The van der Waals surface area contributed by atoms with E-state index >= 15 is 0 Å². The molecule has 0 bridgehead atoms. The maximum absolute atomic E-state index is 11.2. The summed E-state index contributed by atoms with van der Waals surface area (Å²) in [6.07, 6.45) is -1.31. The highest BCUT2D eigenvalue weighted by Crippen LogP contribution is 2.30. The molecule has 1 saturated heterocycles. The van der Waals surface area contributed by atoms with E-state index < -0.39 is 12.2 Å². The maximum Gasteiger partial charge on any atom is 0.132 e. The number of Topliss-reactive ketones (excluding diaryl/α,β-unsaturated/α-hetero) is 1. The molecule has 1 aliphatic heterocycles. The normalized spacial score (nSPS) is 38.4. The summed E-state index contributed by atoms with van der Waals surface area (Å²) in [6, 6.07) is 0. The zero-order valence-electron chi connectivity index (χ0n) is 11.1. The molecule has 0 aromatic heterocycles. The SMILES string of the molecule is CC(=O)CC1OC(CC(C)C)C(O)C(O)[C@@H]1C. The number of carbonyl (C=O) groups is 1. The lowest BCUT2D eigenvalue weighted by Crippen LogP contribution is -2.54. The first-order valence-electron chi connectivity index (χ1n) is 6.34. The van der Waals surface area contributed by atoms with Gasteiger partial charge in [0.25, 0.3) is 0 Å². The molecule has 0 aliphatic carbocycles. The van der Waals surface area contributed by atoms with Crippen LogP contribution in [0.5, 0.6) is 0 Å². The summed E-state index contributed by atoms with van der Waals surface area (Å²) < 4.78 is 5.77. The average Bonchev–Trinajstić information content (AvgIpc) is 2.20. The summed E-state index contributed by atoms with van der Waals surface area (Å²) in [6.45, 7) is 7.42. The minimum atomic E-state index is -0.851. The second-order valence-electron chi connectivity index (χ2n) is 5.59. The summed E-state index contributed by atoms with van der Waals surface area (Å²) in [7, 11) is 0. The quantitative estimate of drug-likeness (QED) is 0.778. The lowest BCUT2D eigenvalue weighted by Gasteiger charge is -2.42. The van der Waals surface area contributed by atoms with Crippen molar-refractivity contribution in [2.45, 2.75) is 65.0 Å². The largest absolute Gasteiger partial charge is 0.390 e. The second kappa shape index (κ2) is 5.94. The maximum atomic E-state index is 11.2. The molecule has 1 fully saturated rings. The Morgan fingerprint density at radius 1 is 1.24 bits per heavy atom. The highest BCUT2D eigenvalue weighted by Gasteiger charge is 2.42. The fraction of sp³-hybridized carbons (Fsp3) is 0.923. The van der Waals surface area contributed by atoms with Gasteiger partial charge in [0.2, 0.25) is 0 Å². The minimum absolute atomic E-state index is 0.0498. The Balaban J connectivity index is 2.71. The topological polar surface area (TPSA) is 66.8 Å². The number of ether oxygens (including phenoxy) is 1. The fourth-order valence-electron chi connectivity index (χ4n) is 2.36. The molecular formula is C13H24O4. The van der Waals surface area contributed by atoms with Gasteiger partial charge >= 0.3 is 0 Å². The van der Waals surface area contributed by atoms with Gasteiger partial charge in [0.05, 0.1) is 18.3 Å². The summed E-state index contributed by atoms with van der Waals surface area (Å²) in [5.41, 5.74) is 0. The summed E-state index contributed by atoms with van der Waals surface area (Å²) in [5, 5.41) is 19.9. The van der Waals surface area contributed by atoms with Crippen molar-refractivity contribution < 1.29 is 19.7 Å². The Bertz CT molecular complexity index is 264. The summed E-state index contributed by atoms with van der Waals surface area (Å²) in [5.74, 6) is 0.222. The number of aliphatic hydroxyl groups excluding tert-OH is 2. The lowest BCUT2D eigenvalue weighted by molar-refractivity contribution is -0.201. The van der Waals surface area contributed by atoms with Crippen molar-refractivity contribution in [3.05, 3.63) is 0 Å². The predicted octanol–water partition coefficient (Wildman–Crippen LogP) is 1.14. The van der Waals surface area contributed by atoms with E-state index in [0.717, 1.165) is 0 Å². The molecule has 5 atom stereocenters. The molecular weight excluding hydrogens is 220 g/mol. The van der Waals surface area contributed by atoms with Gasteiger partial charge in [-0.05, 0) is 19.3 Å². The zero-order chi connectivity index (χ0) is 13.2. The molecule has 0 radical (unpaired) electrons. The van der Waals surface area contributed by atoms with Gasteiger partial charge in [0.1, 0.15) is 11.9 Å². The number of hydrogen-bond acceptors (Lipinski definition) is 4. The smallest absolute Gasteiger partial charge is 0.132 e. The van der Waals surface area contributed by atoms with Crippen LogP contribution in [0.25, 0.3) is 0 Å². The van der Waals surface area contributed by atoms with Crippen LogP contribution in [0.15, 0.2) is 0 Å². The number of hydrogen-bond donors (Lipinski definition) is 2. The van der Waals surface area contributed by atoms with Crippen LogP contribution < -0.4 is 0 Å². The third-order valence-electron chi connectivity index (χ3n) is 3.40. The molecule has 0 saturated carbocycles. The van der Waals surface area contributed by atoms with Crippen molar-refractivity contribution in [3.63, 3.8) is 0 Å². The Kier molecular flexibility index (Phi) is 5.10. The van der Waals surface area contributed by atoms with Crippen LogP contribution in [-0.4, -0.2) is 40.4 Å². The molecule has 4 unspecified atom stereocenters. The van der Waals surface area contributed by atoms with E-state index in [9.17, 15) is 15.0 Å². The van der Waals surface area contributed by atoms with Crippen molar-refractivity contribution >= 4 is 5.78 Å². The van der Waals surface area contributed by atoms with E-state index in [1.807, 2.05) is 20.8 Å². The van der Waals surface area contributed by atoms with Crippen LogP contribution in [-0.2, 0) is 9.53 Å². The predicted molar refractivity (Wildman–Crippen MR) is 64.6 cm³/mol. The van der Waals surface area contributed by atoms with Crippen molar-refractivity contribution in [1.29, 1.82) is 0 Å². The van der Waals surface area contributed by atoms with E-state index in [-0.39, 0.29) is 23.9 Å². The van der Waals surface area contributed by atoms with Gasteiger partial charge in [0, 0.05) is 12.3 Å². The van der Waals surface area contributed by atoms with Crippen LogP contribution in [0.1, 0.15) is 40.5 Å². The third-order valence-corrected chi connectivity index (χ3v) is 3.40. The van der Waals surface area contributed by atoms with Gasteiger partial charge in [-0.2, -0.15) is 0 Å². The first-order valence-corrected chi connectivity index (χ1v) is 6.34. The molecule has 4 heteroatoms. The molecule has 4 nitrogen and oxygen atoms in total. The molecule has 100 valence electrons. The van der Waals surface area contributed by atoms with Gasteiger partial charge in [-0.1, -0.05) is 20.8 Å². The van der Waals surface area contributed by atoms with Crippen molar-refractivity contribution in [2.75, 3.05) is 0 Å². The molecule has 17 heavy (non-hydrogen) atoms. The number of rotatable bonds is 4. The van der Waals surface area contributed by atoms with Crippen molar-refractivity contribution in [2.24, 2.45) is 11.8 Å². The van der Waals surface area contributed by atoms with E-state index in [2.05, 4.69) is 0 Å². The zero-order valence-corrected chi connectivity index (χ0v) is 11.1. The first-order chi connectivity index (χ1) is 7.82. The first kappa shape index (κ1) is 14.6. The lowest BCUT2D eigenvalue weighted by atomic mass is 9.84. The van der Waals surface area contributed by atoms with Gasteiger partial charge in [0.15, 0.2) is 0 Å². The highest BCUT2D eigenvalue weighted by atomic mass is 16.5. The Morgan fingerprint density at radius 3 is 2.29 bits per heavy atom. The van der Waals surface area contributed by atoms with Crippen molar-refractivity contribution in [1.82, 2.24) is 0 Å². The molecule has 1 rings (SSSR count). The third kappa shape index (κ3) is 3.76. The molecule has 0 aromatic rings. The van der Waals surface area contributed by atoms with Gasteiger partial charge in [-0.3, -0.25) is 4.79 Å². The average molecular weight is 244 g/mol. The standard InChI is InChI=1S/C13H24O4/c1-7(2)5-11-13(16)12(15)9(4)10(17-11)6-8(3)14/h7,9-13,15-16H,5-6H2,1-4H3/t9-,10?,11?,12?,13?/m1/s1. The van der Waals surface area contributed by atoms with E-state index in [1.54, 1.807) is 0 Å². The Labute approximate surface area is 103 Å². The van der Waals surface area contributed by atoms with E-state index in [1.165, 1.54) is 6.92 Å². The van der Waals surface area contributed by atoms with E-state index in [4.69, 9.17) is 4.74 Å². The van der Waals surface area contributed by atoms with Gasteiger partial charge in [-0.25, -0.2) is 0 Å². The van der Waals surface area contributed by atoms with Crippen molar-refractivity contribution in [3.8, 4) is 0 Å². The number of carbonyl (C=O) groups excluding carboxylic acids is 1. The van der Waals surface area contributed by atoms with Crippen LogP contribution >= 0.6 is 0 Å². The van der Waals surface area contributed by atoms with Crippen LogP contribution in [0.4, 0.5) is 0 Å². The number of ketones is 1. The van der Waals surface area contributed by atoms with Crippen LogP contribution in [0.2, 0.25) is 0 Å². The fourth-order valence-corrected chi connectivity index (χ4v) is 2.36. The monoisotopic (exact) mass is 244 g/mol. The molecule has 0 spiro atoms. The highest BCUT2D eigenvalue weighted by molar-refractivity contribution is 5.76. The van der Waals surface area contributed by atoms with E-state index in [0.29, 0.717) is 18.8 Å². The minimum Gasteiger partial charge on any atom is -0.390 e. The van der Waals surface area contributed by atoms with Crippen LogP contribution in [0, 0.1) is 11.8 Å². The molecule has 1 aliphatic rings. The number of aliphatic hydroxyl groups is 2. The molecule has 1 heterocycles. The molecule has 2 N–H and O–H groups in total. The second-order valence-corrected chi connectivity index (χ2v) is 5.59. The van der Waals surface area contributed by atoms with Gasteiger partial charge in [-0.15, -0.1) is 0 Å². The van der Waals surface area contributed by atoms with Crippen LogP contribution in [0.3, 0.4) is 0 Å². The van der Waals surface area contributed by atoms with Gasteiger partial charge < -0.3 is 14.9 Å².